The third-order valence-electron chi connectivity index (χ3n) is 5.75. The highest BCUT2D eigenvalue weighted by Gasteiger charge is 2.18. The zero-order valence-corrected chi connectivity index (χ0v) is 17.0. The first-order valence-corrected chi connectivity index (χ1v) is 11.2. The Morgan fingerprint density at radius 1 is 0.926 bits per heavy atom. The van der Waals surface area contributed by atoms with Gasteiger partial charge in [-0.2, -0.15) is 0 Å². The maximum atomic E-state index is 13.4. The lowest BCUT2D eigenvalue weighted by molar-refractivity contribution is 0.562. The molecule has 0 aliphatic heterocycles. The first kappa shape index (κ1) is 18.4. The molecule has 2 aromatic heterocycles. The molecule has 142 valence electrons. The van der Waals surface area contributed by atoms with Gasteiger partial charge in [-0.15, -0.1) is 11.3 Å². The highest BCUT2D eigenvalue weighted by molar-refractivity contribution is 7.18. The molecule has 0 saturated carbocycles. The van der Waals surface area contributed by atoms with Crippen molar-refractivity contribution in [2.75, 3.05) is 0 Å². The van der Waals surface area contributed by atoms with Crippen molar-refractivity contribution in [3.63, 3.8) is 0 Å². The van der Waals surface area contributed by atoms with Crippen LogP contribution in [0.2, 0.25) is 0 Å². The Hall–Kier alpha value is -1.94. The molecule has 0 atom stereocenters. The van der Waals surface area contributed by atoms with E-state index in [4.69, 9.17) is 4.98 Å². The molecule has 1 aliphatic rings. The summed E-state index contributed by atoms with van der Waals surface area (Å²) in [5.74, 6) is 0. The average molecular weight is 381 g/mol. The van der Waals surface area contributed by atoms with Crippen molar-refractivity contribution in [1.82, 2.24) is 9.55 Å². The van der Waals surface area contributed by atoms with Crippen LogP contribution in [0.4, 0.5) is 0 Å². The molecular weight excluding hydrogens is 352 g/mol. The largest absolute Gasteiger partial charge is 0.268 e. The van der Waals surface area contributed by atoms with Gasteiger partial charge in [-0.1, -0.05) is 56.7 Å². The fraction of sp³-hybridized carbons (Fsp3) is 0.478. The highest BCUT2D eigenvalue weighted by atomic mass is 32.1. The number of nitrogens with zero attached hydrogens (tertiary/aromatic N) is 2. The SMILES string of the molecule is Cc1ccccc1-n1cnc2sc3c(c2c1=O)CCCCCCCCCC3. The lowest BCUT2D eigenvalue weighted by Gasteiger charge is -2.10. The molecule has 3 nitrogen and oxygen atoms in total. The summed E-state index contributed by atoms with van der Waals surface area (Å²) in [4.78, 5) is 20.4. The molecule has 4 rings (SSSR count). The van der Waals surface area contributed by atoms with E-state index in [-0.39, 0.29) is 5.56 Å². The molecule has 0 fully saturated rings. The molecule has 3 aromatic rings. The van der Waals surface area contributed by atoms with E-state index in [2.05, 4.69) is 0 Å². The zero-order valence-electron chi connectivity index (χ0n) is 16.2. The molecule has 2 heterocycles. The fourth-order valence-electron chi connectivity index (χ4n) is 4.21. The van der Waals surface area contributed by atoms with Gasteiger partial charge in [0.2, 0.25) is 0 Å². The van der Waals surface area contributed by atoms with E-state index in [0.29, 0.717) is 0 Å². The molecular formula is C23H28N2OS. The second-order valence-corrected chi connectivity index (χ2v) is 8.80. The number of thiophene rings is 1. The maximum Gasteiger partial charge on any atom is 0.266 e. The topological polar surface area (TPSA) is 34.9 Å². The summed E-state index contributed by atoms with van der Waals surface area (Å²) in [5, 5.41) is 0.873. The van der Waals surface area contributed by atoms with Crippen molar-refractivity contribution < 1.29 is 0 Å². The second-order valence-electron chi connectivity index (χ2n) is 7.72. The van der Waals surface area contributed by atoms with E-state index < -0.39 is 0 Å². The monoisotopic (exact) mass is 380 g/mol. The summed E-state index contributed by atoms with van der Waals surface area (Å²) < 4.78 is 1.74. The van der Waals surface area contributed by atoms with Crippen LogP contribution in [0.3, 0.4) is 0 Å². The van der Waals surface area contributed by atoms with Gasteiger partial charge in [0.25, 0.3) is 5.56 Å². The Balaban J connectivity index is 1.81. The number of benzene rings is 1. The van der Waals surface area contributed by atoms with Crippen LogP contribution in [0.25, 0.3) is 15.9 Å². The Morgan fingerprint density at radius 3 is 2.33 bits per heavy atom. The van der Waals surface area contributed by atoms with Crippen LogP contribution in [-0.4, -0.2) is 9.55 Å². The minimum Gasteiger partial charge on any atom is -0.268 e. The lowest BCUT2D eigenvalue weighted by Crippen LogP contribution is -2.20. The van der Waals surface area contributed by atoms with Gasteiger partial charge in [0.15, 0.2) is 0 Å². The van der Waals surface area contributed by atoms with Crippen molar-refractivity contribution >= 4 is 21.6 Å². The van der Waals surface area contributed by atoms with Crippen LogP contribution < -0.4 is 5.56 Å². The number of fused-ring (bicyclic) bond motifs is 3. The minimum absolute atomic E-state index is 0.0962. The molecule has 0 spiro atoms. The lowest BCUT2D eigenvalue weighted by atomic mass is 9.99. The third-order valence-corrected chi connectivity index (χ3v) is 6.95. The quantitative estimate of drug-likeness (QED) is 0.521. The smallest absolute Gasteiger partial charge is 0.266 e. The molecule has 0 unspecified atom stereocenters. The fourth-order valence-corrected chi connectivity index (χ4v) is 5.43. The standard InChI is InChI=1S/C23H28N2OS/c1-17-12-10-11-14-19(17)25-16-24-22-21(23(25)26)18-13-8-6-4-2-3-5-7-9-15-20(18)27-22/h10-12,14,16H,2-9,13,15H2,1H3. The molecule has 1 aliphatic carbocycles. The van der Waals surface area contributed by atoms with Crippen LogP contribution in [0.5, 0.6) is 0 Å². The van der Waals surface area contributed by atoms with Gasteiger partial charge in [0.1, 0.15) is 11.2 Å². The Labute approximate surface area is 165 Å². The van der Waals surface area contributed by atoms with Gasteiger partial charge < -0.3 is 0 Å². The van der Waals surface area contributed by atoms with Crippen LogP contribution in [0, 0.1) is 6.92 Å². The highest BCUT2D eigenvalue weighted by Crippen LogP contribution is 2.31. The van der Waals surface area contributed by atoms with Crippen molar-refractivity contribution in [2.45, 2.75) is 71.1 Å². The molecule has 0 saturated heterocycles. The first-order valence-electron chi connectivity index (χ1n) is 10.3. The second kappa shape index (κ2) is 8.39. The van der Waals surface area contributed by atoms with E-state index in [9.17, 15) is 4.79 Å². The number of para-hydroxylation sites is 1. The predicted molar refractivity (Wildman–Crippen MR) is 114 cm³/mol. The van der Waals surface area contributed by atoms with Gasteiger partial charge in [-0.3, -0.25) is 9.36 Å². The van der Waals surface area contributed by atoms with E-state index in [1.165, 1.54) is 61.8 Å². The van der Waals surface area contributed by atoms with E-state index in [1.54, 1.807) is 22.2 Å². The van der Waals surface area contributed by atoms with Crippen molar-refractivity contribution in [1.29, 1.82) is 0 Å². The molecule has 0 bridgehead atoms. The van der Waals surface area contributed by atoms with Crippen LogP contribution >= 0.6 is 11.3 Å². The van der Waals surface area contributed by atoms with Crippen molar-refractivity contribution in [3.8, 4) is 5.69 Å². The molecule has 4 heteroatoms. The van der Waals surface area contributed by atoms with Gasteiger partial charge >= 0.3 is 0 Å². The number of hydrogen-bond donors (Lipinski definition) is 0. The Morgan fingerprint density at radius 2 is 1.59 bits per heavy atom. The van der Waals surface area contributed by atoms with Gasteiger partial charge in [0, 0.05) is 4.88 Å². The molecule has 0 N–H and O–H groups in total. The summed E-state index contributed by atoms with van der Waals surface area (Å²) in [6.07, 6.45) is 14.2. The summed E-state index contributed by atoms with van der Waals surface area (Å²) in [5.41, 5.74) is 3.42. The first-order chi connectivity index (χ1) is 13.3. The van der Waals surface area contributed by atoms with Gasteiger partial charge in [-0.25, -0.2) is 4.98 Å². The number of rotatable bonds is 1. The number of aromatic nitrogens is 2. The normalized spacial score (nSPS) is 16.5. The Bertz CT molecular complexity index is 986. The van der Waals surface area contributed by atoms with E-state index in [1.807, 2.05) is 31.2 Å². The summed E-state index contributed by atoms with van der Waals surface area (Å²) in [7, 11) is 0. The van der Waals surface area contributed by atoms with Gasteiger partial charge in [0.05, 0.1) is 11.1 Å². The molecule has 0 radical (unpaired) electrons. The van der Waals surface area contributed by atoms with E-state index >= 15 is 0 Å². The Kier molecular flexibility index (Phi) is 5.72. The maximum absolute atomic E-state index is 13.4. The summed E-state index contributed by atoms with van der Waals surface area (Å²) >= 11 is 1.75. The van der Waals surface area contributed by atoms with Crippen molar-refractivity contribution in [3.05, 3.63) is 57.0 Å². The van der Waals surface area contributed by atoms with Crippen molar-refractivity contribution in [2.24, 2.45) is 0 Å². The minimum atomic E-state index is 0.0962. The van der Waals surface area contributed by atoms with Crippen LogP contribution in [-0.2, 0) is 12.8 Å². The van der Waals surface area contributed by atoms with Gasteiger partial charge in [-0.05, 0) is 49.8 Å². The van der Waals surface area contributed by atoms with Crippen LogP contribution in [0.15, 0.2) is 35.4 Å². The zero-order chi connectivity index (χ0) is 18.6. The molecule has 27 heavy (non-hydrogen) atoms. The predicted octanol–water partition coefficient (Wildman–Crippen LogP) is 5.98. The number of hydrogen-bond acceptors (Lipinski definition) is 3. The summed E-state index contributed by atoms with van der Waals surface area (Å²) in [6.45, 7) is 2.05. The summed E-state index contributed by atoms with van der Waals surface area (Å²) in [6, 6.07) is 8.04. The average Bonchev–Trinajstić information content (AvgIpc) is 3.01. The molecule has 1 aromatic carbocycles. The molecule has 0 amide bonds. The number of aryl methyl sites for hydroxylation is 3. The van der Waals surface area contributed by atoms with Crippen LogP contribution in [0.1, 0.15) is 67.4 Å². The third kappa shape index (κ3) is 3.86. The van der Waals surface area contributed by atoms with E-state index in [0.717, 1.165) is 34.3 Å².